The number of halogens is 1. The van der Waals surface area contributed by atoms with Crippen molar-refractivity contribution in [3.63, 3.8) is 0 Å². The molecule has 4 nitrogen and oxygen atoms in total. The van der Waals surface area contributed by atoms with Crippen LogP contribution >= 0.6 is 11.6 Å². The van der Waals surface area contributed by atoms with E-state index < -0.39 is 0 Å². The summed E-state index contributed by atoms with van der Waals surface area (Å²) >= 11 is 6.01. The minimum Gasteiger partial charge on any atom is -0.456 e. The molecule has 1 aromatic carbocycles. The van der Waals surface area contributed by atoms with Crippen molar-refractivity contribution in [2.45, 2.75) is 44.9 Å². The first-order valence-corrected chi connectivity index (χ1v) is 9.59. The number of nitrogens with one attached hydrogen (secondary N) is 1. The van der Waals surface area contributed by atoms with Crippen molar-refractivity contribution < 1.29 is 14.3 Å². The fraction of sp³-hybridized carbons (Fsp3) is 0.600. The van der Waals surface area contributed by atoms with Crippen LogP contribution in [-0.2, 0) is 14.3 Å². The molecule has 25 heavy (non-hydrogen) atoms. The van der Waals surface area contributed by atoms with Gasteiger partial charge in [-0.1, -0.05) is 23.7 Å². The van der Waals surface area contributed by atoms with E-state index in [1.807, 2.05) is 0 Å². The third-order valence-corrected chi connectivity index (χ3v) is 6.53. The Bertz CT molecular complexity index is 652. The summed E-state index contributed by atoms with van der Waals surface area (Å²) in [5, 5.41) is 3.15. The number of carbonyl (C=O) groups excluding carboxylic acids is 2. The molecular formula is C20H24ClNO3. The number of hydrogen-bond acceptors (Lipinski definition) is 3. The normalized spacial score (nSPS) is 32.4. The lowest BCUT2D eigenvalue weighted by Crippen LogP contribution is -2.47. The van der Waals surface area contributed by atoms with Gasteiger partial charge in [0.2, 0.25) is 0 Å². The largest absolute Gasteiger partial charge is 0.456 e. The van der Waals surface area contributed by atoms with E-state index in [4.69, 9.17) is 16.3 Å². The summed E-state index contributed by atoms with van der Waals surface area (Å²) < 4.78 is 5.26. The molecule has 134 valence electrons. The van der Waals surface area contributed by atoms with Crippen molar-refractivity contribution in [2.75, 3.05) is 11.9 Å². The molecule has 0 heterocycles. The number of ether oxygens (including phenoxy) is 1. The lowest BCUT2D eigenvalue weighted by molar-refractivity contribution is -0.154. The van der Waals surface area contributed by atoms with Crippen LogP contribution in [0.2, 0.25) is 5.02 Å². The van der Waals surface area contributed by atoms with Crippen LogP contribution in [-0.4, -0.2) is 18.5 Å². The van der Waals surface area contributed by atoms with Crippen molar-refractivity contribution in [2.24, 2.45) is 23.2 Å². The highest BCUT2D eigenvalue weighted by Gasteiger charge is 2.51. The summed E-state index contributed by atoms with van der Waals surface area (Å²) in [6.45, 7) is -0.254. The molecule has 4 aliphatic rings. The van der Waals surface area contributed by atoms with E-state index in [1.54, 1.807) is 24.3 Å². The third-order valence-electron chi connectivity index (χ3n) is 6.20. The van der Waals surface area contributed by atoms with Crippen molar-refractivity contribution >= 4 is 29.2 Å². The van der Waals surface area contributed by atoms with E-state index in [0.29, 0.717) is 17.1 Å². The van der Waals surface area contributed by atoms with Crippen LogP contribution in [0.5, 0.6) is 0 Å². The summed E-state index contributed by atoms with van der Waals surface area (Å²) in [4.78, 5) is 24.3. The third kappa shape index (κ3) is 3.69. The molecule has 1 amide bonds. The van der Waals surface area contributed by atoms with E-state index in [0.717, 1.165) is 17.8 Å². The molecule has 5 heteroatoms. The van der Waals surface area contributed by atoms with Gasteiger partial charge in [-0.25, -0.2) is 0 Å². The van der Waals surface area contributed by atoms with E-state index in [9.17, 15) is 9.59 Å². The summed E-state index contributed by atoms with van der Waals surface area (Å²) in [5.74, 6) is 1.83. The van der Waals surface area contributed by atoms with Gasteiger partial charge in [-0.05, 0) is 73.8 Å². The Morgan fingerprint density at radius 2 is 1.68 bits per heavy atom. The monoisotopic (exact) mass is 361 g/mol. The first-order valence-electron chi connectivity index (χ1n) is 9.21. The van der Waals surface area contributed by atoms with Crippen molar-refractivity contribution in [3.05, 3.63) is 29.3 Å². The zero-order valence-corrected chi connectivity index (χ0v) is 15.1. The van der Waals surface area contributed by atoms with Crippen molar-refractivity contribution in [1.29, 1.82) is 0 Å². The molecule has 4 fully saturated rings. The average Bonchev–Trinajstić information content (AvgIpc) is 2.53. The Morgan fingerprint density at radius 1 is 1.08 bits per heavy atom. The van der Waals surface area contributed by atoms with Gasteiger partial charge < -0.3 is 10.1 Å². The Labute approximate surface area is 153 Å². The number of esters is 1. The number of para-hydroxylation sites is 1. The fourth-order valence-electron chi connectivity index (χ4n) is 5.76. The lowest BCUT2D eigenvalue weighted by atomic mass is 9.49. The molecule has 4 aliphatic carbocycles. The first-order chi connectivity index (χ1) is 12.0. The second kappa shape index (κ2) is 6.64. The maximum Gasteiger partial charge on any atom is 0.306 e. The molecule has 0 unspecified atom stereocenters. The van der Waals surface area contributed by atoms with Crippen molar-refractivity contribution in [3.8, 4) is 0 Å². The molecule has 0 radical (unpaired) electrons. The number of anilines is 1. The average molecular weight is 362 g/mol. The molecular weight excluding hydrogens is 338 g/mol. The summed E-state index contributed by atoms with van der Waals surface area (Å²) in [5.41, 5.74) is 0.678. The number of amides is 1. The number of benzene rings is 1. The van der Waals surface area contributed by atoms with Crippen LogP contribution in [0.1, 0.15) is 44.9 Å². The molecule has 5 rings (SSSR count). The quantitative estimate of drug-likeness (QED) is 0.789. The zero-order valence-electron chi connectivity index (χ0n) is 14.3. The smallest absolute Gasteiger partial charge is 0.306 e. The predicted molar refractivity (Wildman–Crippen MR) is 96.3 cm³/mol. The molecule has 0 spiro atoms. The van der Waals surface area contributed by atoms with Gasteiger partial charge in [0.15, 0.2) is 6.61 Å². The SMILES string of the molecule is O=C(COC(=O)CC12CC3CC(CC(C3)C1)C2)Nc1ccccc1Cl. The predicted octanol–water partition coefficient (Wildman–Crippen LogP) is 4.43. The van der Waals surface area contributed by atoms with Gasteiger partial charge >= 0.3 is 5.97 Å². The molecule has 0 atom stereocenters. The summed E-state index contributed by atoms with van der Waals surface area (Å²) in [6.07, 6.45) is 8.03. The Hall–Kier alpha value is -1.55. The summed E-state index contributed by atoms with van der Waals surface area (Å²) in [6, 6.07) is 7.01. The van der Waals surface area contributed by atoms with Crippen LogP contribution in [0.15, 0.2) is 24.3 Å². The van der Waals surface area contributed by atoms with Gasteiger partial charge in [0.1, 0.15) is 0 Å². The minimum absolute atomic E-state index is 0.144. The van der Waals surface area contributed by atoms with Gasteiger partial charge in [0.05, 0.1) is 17.1 Å². The summed E-state index contributed by atoms with van der Waals surface area (Å²) in [7, 11) is 0. The van der Waals surface area contributed by atoms with Gasteiger partial charge in [-0.2, -0.15) is 0 Å². The van der Waals surface area contributed by atoms with E-state index in [-0.39, 0.29) is 23.9 Å². The van der Waals surface area contributed by atoms with E-state index in [1.165, 1.54) is 38.5 Å². The topological polar surface area (TPSA) is 55.4 Å². The van der Waals surface area contributed by atoms with Gasteiger partial charge in [0.25, 0.3) is 5.91 Å². The maximum atomic E-state index is 12.3. The molecule has 4 saturated carbocycles. The lowest BCUT2D eigenvalue weighted by Gasteiger charge is -2.56. The molecule has 1 N–H and O–H groups in total. The maximum absolute atomic E-state index is 12.3. The number of carbonyl (C=O) groups is 2. The minimum atomic E-state index is -0.355. The molecule has 1 aromatic rings. The highest BCUT2D eigenvalue weighted by Crippen LogP contribution is 2.61. The zero-order chi connectivity index (χ0) is 17.4. The van der Waals surface area contributed by atoms with Crippen LogP contribution in [0, 0.1) is 23.2 Å². The van der Waals surface area contributed by atoms with Crippen molar-refractivity contribution in [1.82, 2.24) is 0 Å². The van der Waals surface area contributed by atoms with Gasteiger partial charge in [0, 0.05) is 0 Å². The highest BCUT2D eigenvalue weighted by atomic mass is 35.5. The molecule has 0 aromatic heterocycles. The van der Waals surface area contributed by atoms with Crippen LogP contribution in [0.4, 0.5) is 5.69 Å². The van der Waals surface area contributed by atoms with E-state index in [2.05, 4.69) is 5.32 Å². The van der Waals surface area contributed by atoms with Gasteiger partial charge in [-0.15, -0.1) is 0 Å². The standard InChI is InChI=1S/C20H24ClNO3/c21-16-3-1-2-4-17(16)22-18(23)12-25-19(24)11-20-8-13-5-14(9-20)7-15(6-13)10-20/h1-4,13-15H,5-12H2,(H,22,23). The van der Waals surface area contributed by atoms with Crippen LogP contribution < -0.4 is 5.32 Å². The Morgan fingerprint density at radius 3 is 2.28 bits per heavy atom. The second-order valence-electron chi connectivity index (χ2n) is 8.28. The first kappa shape index (κ1) is 16.9. The fourth-order valence-corrected chi connectivity index (χ4v) is 5.94. The van der Waals surface area contributed by atoms with Crippen LogP contribution in [0.3, 0.4) is 0 Å². The molecule has 0 saturated heterocycles. The van der Waals surface area contributed by atoms with Gasteiger partial charge in [-0.3, -0.25) is 9.59 Å². The number of hydrogen-bond donors (Lipinski definition) is 1. The van der Waals surface area contributed by atoms with E-state index >= 15 is 0 Å². The highest BCUT2D eigenvalue weighted by molar-refractivity contribution is 6.33. The molecule has 4 bridgehead atoms. The Balaban J connectivity index is 1.28. The number of rotatable bonds is 5. The second-order valence-corrected chi connectivity index (χ2v) is 8.69. The molecule has 0 aliphatic heterocycles. The van der Waals surface area contributed by atoms with Crippen LogP contribution in [0.25, 0.3) is 0 Å². The Kier molecular flexibility index (Phi) is 4.48.